The fourth-order valence-electron chi connectivity index (χ4n) is 12.3. The van der Waals surface area contributed by atoms with Crippen LogP contribution in [-0.4, -0.2) is 0 Å². The van der Waals surface area contributed by atoms with Crippen LogP contribution in [0.4, 0.5) is 17.1 Å². The van der Waals surface area contributed by atoms with Crippen molar-refractivity contribution in [3.8, 4) is 33.4 Å². The van der Waals surface area contributed by atoms with Crippen molar-refractivity contribution in [3.63, 3.8) is 0 Å². The van der Waals surface area contributed by atoms with Crippen LogP contribution in [0, 0.1) is 0 Å². The minimum Gasteiger partial charge on any atom is -0.308 e. The molecule has 2 heteroatoms. The molecule has 11 aromatic rings. The lowest BCUT2D eigenvalue weighted by molar-refractivity contribution is 0.777. The van der Waals surface area contributed by atoms with Crippen LogP contribution >= 0.6 is 11.3 Å². The first-order valence-electron chi connectivity index (χ1n) is 22.3. The number of hydrogen-bond donors (Lipinski definition) is 0. The standard InChI is InChI=1S/C62H39NS/c1-3-20-40(21-4-1)61(48-30-12-7-24-42(48)43-25-8-13-31-49(43)61)54-36-19-39-57-59(54)47-29-17-38-56(60(47)64-57)63(41-22-5-2-6-23-41)55-37-18-35-53-58(55)46-28-11-16-34-52(46)62(53)50-32-14-9-26-44(50)45-27-10-15-33-51(45)62/h1-39H. The molecule has 1 spiro atoms. The summed E-state index contributed by atoms with van der Waals surface area (Å²) >= 11 is 1.91. The van der Waals surface area contributed by atoms with Crippen LogP contribution in [0.2, 0.25) is 0 Å². The van der Waals surface area contributed by atoms with Gasteiger partial charge in [-0.1, -0.05) is 206 Å². The van der Waals surface area contributed by atoms with Gasteiger partial charge in [0, 0.05) is 26.7 Å². The predicted octanol–water partition coefficient (Wildman–Crippen LogP) is 16.2. The Hall–Kier alpha value is -7.78. The van der Waals surface area contributed by atoms with Crippen molar-refractivity contribution in [2.24, 2.45) is 0 Å². The normalized spacial score (nSPS) is 14.2. The van der Waals surface area contributed by atoms with Gasteiger partial charge in [0.2, 0.25) is 0 Å². The lowest BCUT2D eigenvalue weighted by atomic mass is 9.66. The molecule has 0 amide bonds. The van der Waals surface area contributed by atoms with E-state index < -0.39 is 10.8 Å². The van der Waals surface area contributed by atoms with E-state index in [1.54, 1.807) is 0 Å². The fourth-order valence-corrected chi connectivity index (χ4v) is 13.5. The molecule has 10 aromatic carbocycles. The molecule has 64 heavy (non-hydrogen) atoms. The Balaban J connectivity index is 1.06. The zero-order valence-corrected chi connectivity index (χ0v) is 35.7. The second-order valence-electron chi connectivity index (χ2n) is 17.4. The van der Waals surface area contributed by atoms with Gasteiger partial charge in [0.15, 0.2) is 0 Å². The zero-order chi connectivity index (χ0) is 42.0. The highest BCUT2D eigenvalue weighted by Crippen LogP contribution is 2.65. The Labute approximate surface area is 376 Å². The highest BCUT2D eigenvalue weighted by atomic mass is 32.1. The highest BCUT2D eigenvalue weighted by Gasteiger charge is 2.52. The van der Waals surface area contributed by atoms with Gasteiger partial charge in [-0.3, -0.25) is 0 Å². The maximum atomic E-state index is 2.55. The molecular weight excluding hydrogens is 791 g/mol. The fraction of sp³-hybridized carbons (Fsp3) is 0.0323. The third-order valence-corrected chi connectivity index (χ3v) is 15.8. The van der Waals surface area contributed by atoms with Gasteiger partial charge >= 0.3 is 0 Å². The Morgan fingerprint density at radius 3 is 1.36 bits per heavy atom. The Morgan fingerprint density at radius 1 is 0.312 bits per heavy atom. The lowest BCUT2D eigenvalue weighted by Gasteiger charge is -2.34. The second kappa shape index (κ2) is 13.4. The molecule has 0 aliphatic heterocycles. The molecule has 0 fully saturated rings. The second-order valence-corrected chi connectivity index (χ2v) is 18.5. The van der Waals surface area contributed by atoms with Gasteiger partial charge in [-0.25, -0.2) is 0 Å². The summed E-state index contributed by atoms with van der Waals surface area (Å²) in [5, 5.41) is 2.59. The van der Waals surface area contributed by atoms with Gasteiger partial charge in [-0.05, 0) is 103 Å². The molecule has 3 aliphatic carbocycles. The first-order chi connectivity index (χ1) is 31.8. The summed E-state index contributed by atoms with van der Waals surface area (Å²) in [6, 6.07) is 88.7. The molecule has 1 nitrogen and oxygen atoms in total. The van der Waals surface area contributed by atoms with Gasteiger partial charge in [0.25, 0.3) is 0 Å². The van der Waals surface area contributed by atoms with Crippen LogP contribution in [-0.2, 0) is 10.8 Å². The van der Waals surface area contributed by atoms with Crippen LogP contribution in [0.15, 0.2) is 237 Å². The molecule has 0 radical (unpaired) electrons. The number of thiophene rings is 1. The van der Waals surface area contributed by atoms with Crippen LogP contribution < -0.4 is 4.90 Å². The summed E-state index contributed by atoms with van der Waals surface area (Å²) in [7, 11) is 0. The Bertz CT molecular complexity index is 3600. The molecular formula is C62H39NS. The maximum absolute atomic E-state index is 2.55. The first-order valence-corrected chi connectivity index (χ1v) is 23.1. The number of anilines is 3. The molecule has 0 saturated heterocycles. The molecule has 298 valence electrons. The third-order valence-electron chi connectivity index (χ3n) is 14.6. The molecule has 0 saturated carbocycles. The first kappa shape index (κ1) is 35.8. The van der Waals surface area contributed by atoms with Crippen LogP contribution in [0.25, 0.3) is 53.6 Å². The molecule has 0 unspecified atom stereocenters. The Morgan fingerprint density at radius 2 is 0.750 bits per heavy atom. The van der Waals surface area contributed by atoms with Gasteiger partial charge < -0.3 is 4.90 Å². The number of para-hydroxylation sites is 1. The van der Waals surface area contributed by atoms with E-state index >= 15 is 0 Å². The van der Waals surface area contributed by atoms with Gasteiger partial charge in [-0.15, -0.1) is 11.3 Å². The van der Waals surface area contributed by atoms with Crippen molar-refractivity contribution in [1.29, 1.82) is 0 Å². The quantitative estimate of drug-likeness (QED) is 0.167. The van der Waals surface area contributed by atoms with Crippen molar-refractivity contribution in [2.75, 3.05) is 4.90 Å². The summed E-state index contributed by atoms with van der Waals surface area (Å²) in [5.41, 5.74) is 21.0. The topological polar surface area (TPSA) is 3.24 Å². The molecule has 0 bridgehead atoms. The van der Waals surface area contributed by atoms with E-state index in [1.807, 2.05) is 11.3 Å². The van der Waals surface area contributed by atoms with Crippen LogP contribution in [0.3, 0.4) is 0 Å². The highest BCUT2D eigenvalue weighted by molar-refractivity contribution is 7.26. The molecule has 3 aliphatic rings. The van der Waals surface area contributed by atoms with Crippen LogP contribution in [0.1, 0.15) is 44.5 Å². The average molecular weight is 830 g/mol. The van der Waals surface area contributed by atoms with E-state index in [-0.39, 0.29) is 0 Å². The van der Waals surface area contributed by atoms with Crippen molar-refractivity contribution < 1.29 is 0 Å². The summed E-state index contributed by atoms with van der Waals surface area (Å²) in [6.45, 7) is 0. The lowest BCUT2D eigenvalue weighted by Crippen LogP contribution is -2.28. The number of hydrogen-bond acceptors (Lipinski definition) is 2. The minimum atomic E-state index is -0.511. The van der Waals surface area contributed by atoms with Crippen LogP contribution in [0.5, 0.6) is 0 Å². The SMILES string of the molecule is c1ccc(N(c2cccc3c2-c2ccccc2C32c3ccccc3-c3ccccc32)c2cccc3c2sc2cccc(C4(c5ccccc5)c5ccccc5-c5ccccc54)c23)cc1. The van der Waals surface area contributed by atoms with Gasteiger partial charge in [0.1, 0.15) is 0 Å². The molecule has 0 atom stereocenters. The van der Waals surface area contributed by atoms with Crippen molar-refractivity contribution in [1.82, 2.24) is 0 Å². The average Bonchev–Trinajstić information content (AvgIpc) is 4.08. The number of fused-ring (bicyclic) bond motifs is 16. The molecule has 1 heterocycles. The van der Waals surface area contributed by atoms with E-state index in [0.29, 0.717) is 0 Å². The number of rotatable bonds is 5. The summed E-state index contributed by atoms with van der Waals surface area (Å²) in [5.74, 6) is 0. The molecule has 0 N–H and O–H groups in total. The van der Waals surface area contributed by atoms with Gasteiger partial charge in [0.05, 0.1) is 26.9 Å². The molecule has 1 aromatic heterocycles. The van der Waals surface area contributed by atoms with Crippen molar-refractivity contribution in [3.05, 3.63) is 281 Å². The summed E-state index contributed by atoms with van der Waals surface area (Å²) in [6.07, 6.45) is 0. The van der Waals surface area contributed by atoms with E-state index in [2.05, 4.69) is 241 Å². The van der Waals surface area contributed by atoms with E-state index in [1.165, 1.54) is 109 Å². The van der Waals surface area contributed by atoms with Gasteiger partial charge in [-0.2, -0.15) is 0 Å². The summed E-state index contributed by atoms with van der Waals surface area (Å²) < 4.78 is 2.55. The summed E-state index contributed by atoms with van der Waals surface area (Å²) in [4.78, 5) is 2.55. The van der Waals surface area contributed by atoms with Crippen molar-refractivity contribution >= 4 is 48.6 Å². The predicted molar refractivity (Wildman–Crippen MR) is 268 cm³/mol. The molecule has 14 rings (SSSR count). The Kier molecular flexibility index (Phi) is 7.47. The third kappa shape index (κ3) is 4.48. The van der Waals surface area contributed by atoms with E-state index in [9.17, 15) is 0 Å². The number of benzene rings is 10. The largest absolute Gasteiger partial charge is 0.308 e. The number of nitrogens with zero attached hydrogens (tertiary/aromatic N) is 1. The van der Waals surface area contributed by atoms with E-state index in [0.717, 1.165) is 5.69 Å². The monoisotopic (exact) mass is 829 g/mol. The maximum Gasteiger partial charge on any atom is 0.0726 e. The van der Waals surface area contributed by atoms with Crippen molar-refractivity contribution in [2.45, 2.75) is 10.8 Å². The minimum absolute atomic E-state index is 0.435. The van der Waals surface area contributed by atoms with E-state index in [4.69, 9.17) is 0 Å². The zero-order valence-electron chi connectivity index (χ0n) is 34.9. The smallest absolute Gasteiger partial charge is 0.0726 e.